The Kier molecular flexibility index (Phi) is 5.48. The van der Waals surface area contributed by atoms with Crippen LogP contribution in [0, 0.1) is 13.8 Å². The van der Waals surface area contributed by atoms with Crippen molar-refractivity contribution in [1.82, 2.24) is 19.9 Å². The average molecular weight is 417 g/mol. The number of aromatic nitrogens is 2. The minimum Gasteiger partial charge on any atom is -0.361 e. The van der Waals surface area contributed by atoms with E-state index in [1.807, 2.05) is 48.4 Å². The van der Waals surface area contributed by atoms with Gasteiger partial charge in [0.25, 0.3) is 5.91 Å². The van der Waals surface area contributed by atoms with Crippen molar-refractivity contribution >= 4 is 28.8 Å². The summed E-state index contributed by atoms with van der Waals surface area (Å²) in [6.07, 6.45) is 0. The molecule has 6 nitrogen and oxygen atoms in total. The molecule has 0 N–H and O–H groups in total. The Morgan fingerprint density at radius 3 is 2.71 bits per heavy atom. The van der Waals surface area contributed by atoms with Gasteiger partial charge in [-0.25, -0.2) is 4.98 Å². The highest BCUT2D eigenvalue weighted by atomic mass is 35.5. The van der Waals surface area contributed by atoms with Crippen molar-refractivity contribution in [2.45, 2.75) is 20.4 Å². The zero-order valence-corrected chi connectivity index (χ0v) is 17.4. The van der Waals surface area contributed by atoms with Crippen molar-refractivity contribution in [1.29, 1.82) is 0 Å². The van der Waals surface area contributed by atoms with E-state index in [4.69, 9.17) is 16.1 Å². The zero-order valence-electron chi connectivity index (χ0n) is 15.8. The van der Waals surface area contributed by atoms with E-state index in [0.29, 0.717) is 23.8 Å². The molecule has 0 saturated carbocycles. The number of aryl methyl sites for hydroxylation is 2. The van der Waals surface area contributed by atoms with E-state index in [2.05, 4.69) is 15.0 Å². The van der Waals surface area contributed by atoms with Crippen molar-refractivity contribution in [3.63, 3.8) is 0 Å². The lowest BCUT2D eigenvalue weighted by Crippen LogP contribution is -2.48. The second-order valence-corrected chi connectivity index (χ2v) is 8.21. The highest BCUT2D eigenvalue weighted by Gasteiger charge is 2.25. The van der Waals surface area contributed by atoms with Crippen molar-refractivity contribution in [3.8, 4) is 10.6 Å². The Morgan fingerprint density at radius 1 is 1.25 bits per heavy atom. The molecule has 0 spiro atoms. The molecule has 0 aliphatic carbocycles. The third kappa shape index (κ3) is 3.97. The van der Waals surface area contributed by atoms with Gasteiger partial charge in [-0.05, 0) is 26.0 Å². The van der Waals surface area contributed by atoms with E-state index in [0.717, 1.165) is 47.2 Å². The van der Waals surface area contributed by atoms with Gasteiger partial charge in [0.1, 0.15) is 16.5 Å². The number of nitrogens with zero attached hydrogens (tertiary/aromatic N) is 4. The molecule has 1 saturated heterocycles. The number of carbonyl (C=O) groups is 1. The van der Waals surface area contributed by atoms with Gasteiger partial charge < -0.3 is 9.42 Å². The standard InChI is InChI=1S/C20H21ClN4O2S/c1-13-17(14(2)27-23-13)11-24-6-8-25(9-7-24)20(26)18-12-28-19(22-18)15-4-3-5-16(21)10-15/h3-5,10,12H,6-9,11H2,1-2H3. The number of rotatable bonds is 4. The van der Waals surface area contributed by atoms with Crippen molar-refractivity contribution < 1.29 is 9.32 Å². The summed E-state index contributed by atoms with van der Waals surface area (Å²) in [6.45, 7) is 7.72. The molecule has 2 aromatic heterocycles. The van der Waals surface area contributed by atoms with E-state index < -0.39 is 0 Å². The Balaban J connectivity index is 1.38. The lowest BCUT2D eigenvalue weighted by Gasteiger charge is -2.34. The molecule has 146 valence electrons. The first-order valence-electron chi connectivity index (χ1n) is 9.16. The fourth-order valence-electron chi connectivity index (χ4n) is 3.35. The third-order valence-corrected chi connectivity index (χ3v) is 6.14. The quantitative estimate of drug-likeness (QED) is 0.642. The van der Waals surface area contributed by atoms with Gasteiger partial charge in [0, 0.05) is 54.3 Å². The van der Waals surface area contributed by atoms with Crippen molar-refractivity contribution in [2.24, 2.45) is 0 Å². The fourth-order valence-corrected chi connectivity index (χ4v) is 4.33. The summed E-state index contributed by atoms with van der Waals surface area (Å²) < 4.78 is 5.24. The first kappa shape index (κ1) is 19.1. The SMILES string of the molecule is Cc1noc(C)c1CN1CCN(C(=O)c2csc(-c3cccc(Cl)c3)n2)CC1. The molecule has 0 atom stereocenters. The van der Waals surface area contributed by atoms with Crippen LogP contribution in [-0.4, -0.2) is 52.0 Å². The second kappa shape index (κ2) is 8.03. The summed E-state index contributed by atoms with van der Waals surface area (Å²) in [7, 11) is 0. The van der Waals surface area contributed by atoms with Crippen LogP contribution in [0.5, 0.6) is 0 Å². The molecule has 1 amide bonds. The average Bonchev–Trinajstić information content (AvgIpc) is 3.31. The van der Waals surface area contributed by atoms with Crippen LogP contribution in [0.3, 0.4) is 0 Å². The number of halogens is 1. The molecule has 3 heterocycles. The minimum absolute atomic E-state index is 0.0125. The number of thiazole rings is 1. The van der Waals surface area contributed by atoms with Gasteiger partial charge in [-0.2, -0.15) is 0 Å². The molecule has 1 aromatic carbocycles. The highest BCUT2D eigenvalue weighted by Crippen LogP contribution is 2.26. The minimum atomic E-state index is -0.0125. The molecule has 0 radical (unpaired) electrons. The smallest absolute Gasteiger partial charge is 0.273 e. The molecule has 1 fully saturated rings. The van der Waals surface area contributed by atoms with Gasteiger partial charge >= 0.3 is 0 Å². The maximum absolute atomic E-state index is 12.8. The van der Waals surface area contributed by atoms with Gasteiger partial charge in [-0.3, -0.25) is 9.69 Å². The topological polar surface area (TPSA) is 62.5 Å². The number of amides is 1. The van der Waals surface area contributed by atoms with E-state index in [1.54, 1.807) is 0 Å². The molecular weight excluding hydrogens is 396 g/mol. The molecule has 1 aliphatic heterocycles. The number of hydrogen-bond donors (Lipinski definition) is 0. The molecule has 28 heavy (non-hydrogen) atoms. The Bertz CT molecular complexity index is 972. The molecular formula is C20H21ClN4O2S. The summed E-state index contributed by atoms with van der Waals surface area (Å²) in [5.74, 6) is 0.855. The maximum Gasteiger partial charge on any atom is 0.273 e. The normalized spacial score (nSPS) is 15.2. The maximum atomic E-state index is 12.8. The molecule has 1 aliphatic rings. The van der Waals surface area contributed by atoms with Gasteiger partial charge in [0.2, 0.25) is 0 Å². The Labute approximate surface area is 172 Å². The molecule has 8 heteroatoms. The Morgan fingerprint density at radius 2 is 2.04 bits per heavy atom. The third-order valence-electron chi connectivity index (χ3n) is 5.02. The van der Waals surface area contributed by atoms with Crippen LogP contribution < -0.4 is 0 Å². The first-order valence-corrected chi connectivity index (χ1v) is 10.4. The Hall–Kier alpha value is -2.22. The van der Waals surface area contributed by atoms with Crippen LogP contribution in [0.25, 0.3) is 10.6 Å². The summed E-state index contributed by atoms with van der Waals surface area (Å²) >= 11 is 7.52. The summed E-state index contributed by atoms with van der Waals surface area (Å²) in [6, 6.07) is 7.53. The van der Waals surface area contributed by atoms with Gasteiger partial charge in [0.15, 0.2) is 0 Å². The zero-order chi connectivity index (χ0) is 19.7. The van der Waals surface area contributed by atoms with Crippen molar-refractivity contribution in [2.75, 3.05) is 26.2 Å². The predicted octanol–water partition coefficient (Wildman–Crippen LogP) is 4.03. The van der Waals surface area contributed by atoms with Crippen LogP contribution in [0.4, 0.5) is 0 Å². The van der Waals surface area contributed by atoms with Crippen LogP contribution in [0.15, 0.2) is 34.2 Å². The van der Waals surface area contributed by atoms with Crippen LogP contribution in [-0.2, 0) is 6.54 Å². The summed E-state index contributed by atoms with van der Waals surface area (Å²) in [5.41, 5.74) is 3.51. The molecule has 4 rings (SSSR count). The number of piperazine rings is 1. The molecule has 0 unspecified atom stereocenters. The number of benzene rings is 1. The lowest BCUT2D eigenvalue weighted by atomic mass is 10.1. The fraction of sp³-hybridized carbons (Fsp3) is 0.350. The molecule has 3 aromatic rings. The van der Waals surface area contributed by atoms with Crippen LogP contribution >= 0.6 is 22.9 Å². The highest BCUT2D eigenvalue weighted by molar-refractivity contribution is 7.13. The van der Waals surface area contributed by atoms with E-state index in [9.17, 15) is 4.79 Å². The van der Waals surface area contributed by atoms with Crippen LogP contribution in [0.2, 0.25) is 5.02 Å². The second-order valence-electron chi connectivity index (χ2n) is 6.92. The lowest BCUT2D eigenvalue weighted by molar-refractivity contribution is 0.0622. The summed E-state index contributed by atoms with van der Waals surface area (Å²) in [4.78, 5) is 21.6. The van der Waals surface area contributed by atoms with Gasteiger partial charge in [-0.1, -0.05) is 28.9 Å². The largest absolute Gasteiger partial charge is 0.361 e. The van der Waals surface area contributed by atoms with Crippen LogP contribution in [0.1, 0.15) is 27.5 Å². The van der Waals surface area contributed by atoms with E-state index in [1.165, 1.54) is 11.3 Å². The van der Waals surface area contributed by atoms with E-state index in [-0.39, 0.29) is 5.91 Å². The van der Waals surface area contributed by atoms with Gasteiger partial charge in [-0.15, -0.1) is 11.3 Å². The number of hydrogen-bond acceptors (Lipinski definition) is 6. The van der Waals surface area contributed by atoms with Gasteiger partial charge in [0.05, 0.1) is 5.69 Å². The monoisotopic (exact) mass is 416 g/mol. The van der Waals surface area contributed by atoms with E-state index >= 15 is 0 Å². The predicted molar refractivity (Wildman–Crippen MR) is 110 cm³/mol. The molecule has 0 bridgehead atoms. The van der Waals surface area contributed by atoms with Crippen molar-refractivity contribution in [3.05, 3.63) is 57.4 Å². The first-order chi connectivity index (χ1) is 13.5. The summed E-state index contributed by atoms with van der Waals surface area (Å²) in [5, 5.41) is 7.31. The number of carbonyl (C=O) groups excluding carboxylic acids is 1.